The van der Waals surface area contributed by atoms with E-state index in [-0.39, 0.29) is 12.6 Å². The predicted octanol–water partition coefficient (Wildman–Crippen LogP) is 2.71. The van der Waals surface area contributed by atoms with E-state index in [4.69, 9.17) is 14.2 Å². The molecule has 3 N–H and O–H groups in total. The molecule has 1 amide bonds. The van der Waals surface area contributed by atoms with E-state index in [2.05, 4.69) is 10.3 Å². The predicted molar refractivity (Wildman–Crippen MR) is 111 cm³/mol. The number of carbonyl (C=O) groups excluding carboxylic acids is 1. The van der Waals surface area contributed by atoms with Crippen molar-refractivity contribution in [1.29, 1.82) is 0 Å². The third-order valence-corrected chi connectivity index (χ3v) is 4.99. The van der Waals surface area contributed by atoms with E-state index in [1.54, 1.807) is 32.9 Å². The highest BCUT2D eigenvalue weighted by atomic mass is 16.6. The Morgan fingerprint density at radius 2 is 2.00 bits per heavy atom. The van der Waals surface area contributed by atoms with Gasteiger partial charge in [-0.05, 0) is 39.7 Å². The molecule has 0 saturated carbocycles. The number of hydrogen-bond acceptors (Lipinski definition) is 7. The number of carbonyl (C=O) groups is 1. The first-order valence-corrected chi connectivity index (χ1v) is 10.1. The average molecular weight is 418 g/mol. The van der Waals surface area contributed by atoms with E-state index < -0.39 is 30.0 Å². The summed E-state index contributed by atoms with van der Waals surface area (Å²) in [4.78, 5) is 16.3. The van der Waals surface area contributed by atoms with Crippen molar-refractivity contribution in [1.82, 2.24) is 10.3 Å². The van der Waals surface area contributed by atoms with Crippen LogP contribution in [0.4, 0.5) is 4.79 Å². The first-order valence-electron chi connectivity index (χ1n) is 10.1. The van der Waals surface area contributed by atoms with Gasteiger partial charge in [0.15, 0.2) is 0 Å². The maximum atomic E-state index is 11.9. The SMILES string of the molecule is COc1ccc2cccc([C@@H](O)[C@@H](O)C3CCC(NC(=O)OC(C)(C)C)CO3)c2n1. The van der Waals surface area contributed by atoms with Gasteiger partial charge in [-0.2, -0.15) is 0 Å². The van der Waals surface area contributed by atoms with Crippen LogP contribution in [0.15, 0.2) is 30.3 Å². The highest BCUT2D eigenvalue weighted by Crippen LogP contribution is 2.30. The largest absolute Gasteiger partial charge is 0.481 e. The van der Waals surface area contributed by atoms with Crippen molar-refractivity contribution in [3.05, 3.63) is 35.9 Å². The van der Waals surface area contributed by atoms with Gasteiger partial charge in [-0.15, -0.1) is 0 Å². The van der Waals surface area contributed by atoms with Crippen LogP contribution in [0, 0.1) is 0 Å². The maximum absolute atomic E-state index is 11.9. The molecule has 0 spiro atoms. The van der Waals surface area contributed by atoms with Gasteiger partial charge in [0, 0.05) is 17.0 Å². The normalized spacial score (nSPS) is 21.7. The van der Waals surface area contributed by atoms with Crippen LogP contribution < -0.4 is 10.1 Å². The average Bonchev–Trinajstić information content (AvgIpc) is 2.71. The second-order valence-electron chi connectivity index (χ2n) is 8.50. The lowest BCUT2D eigenvalue weighted by molar-refractivity contribution is -0.113. The van der Waals surface area contributed by atoms with Crippen LogP contribution in [0.5, 0.6) is 5.88 Å². The molecule has 2 aromatic rings. The smallest absolute Gasteiger partial charge is 0.407 e. The van der Waals surface area contributed by atoms with Crippen LogP contribution in [-0.2, 0) is 9.47 Å². The Labute approximate surface area is 176 Å². The number of hydrogen-bond donors (Lipinski definition) is 3. The van der Waals surface area contributed by atoms with Gasteiger partial charge in [0.1, 0.15) is 17.8 Å². The highest BCUT2D eigenvalue weighted by molar-refractivity contribution is 5.82. The summed E-state index contributed by atoms with van der Waals surface area (Å²) in [6.45, 7) is 5.63. The van der Waals surface area contributed by atoms with Crippen LogP contribution in [-0.4, -0.2) is 58.9 Å². The molecule has 4 atom stereocenters. The highest BCUT2D eigenvalue weighted by Gasteiger charge is 2.34. The molecular formula is C22H30N2O6. The number of methoxy groups -OCH3 is 1. The quantitative estimate of drug-likeness (QED) is 0.685. The number of ether oxygens (including phenoxy) is 3. The molecule has 1 aromatic carbocycles. The standard InChI is InChI=1S/C22H30N2O6/c1-22(2,3)30-21(27)23-14-9-10-16(29-12-14)20(26)19(25)15-7-5-6-13-8-11-17(28-4)24-18(13)15/h5-8,11,14,16,19-20,25-26H,9-10,12H2,1-4H3,(H,23,27)/t14?,16?,19-,20+/m1/s1. The first kappa shape index (κ1) is 22.3. The maximum Gasteiger partial charge on any atom is 0.407 e. The lowest BCUT2D eigenvalue weighted by atomic mass is 9.93. The Kier molecular flexibility index (Phi) is 6.80. The van der Waals surface area contributed by atoms with E-state index in [0.29, 0.717) is 29.8 Å². The van der Waals surface area contributed by atoms with Crippen LogP contribution in [0.3, 0.4) is 0 Å². The minimum Gasteiger partial charge on any atom is -0.481 e. The molecule has 1 aliphatic rings. The van der Waals surface area contributed by atoms with Crippen molar-refractivity contribution < 1.29 is 29.2 Å². The summed E-state index contributed by atoms with van der Waals surface area (Å²) in [7, 11) is 1.53. The second kappa shape index (κ2) is 9.16. The minimum absolute atomic E-state index is 0.205. The van der Waals surface area contributed by atoms with Crippen LogP contribution in [0.25, 0.3) is 10.9 Å². The minimum atomic E-state index is -1.17. The Hall–Kier alpha value is -2.42. The second-order valence-corrected chi connectivity index (χ2v) is 8.50. The van der Waals surface area contributed by atoms with Crippen LogP contribution in [0.2, 0.25) is 0 Å². The number of nitrogens with one attached hydrogen (secondary N) is 1. The van der Waals surface area contributed by atoms with E-state index in [1.165, 1.54) is 7.11 Å². The molecule has 8 heteroatoms. The summed E-state index contributed by atoms with van der Waals surface area (Å²) in [6, 6.07) is 8.82. The Morgan fingerprint density at radius 3 is 2.63 bits per heavy atom. The fourth-order valence-electron chi connectivity index (χ4n) is 3.52. The fourth-order valence-corrected chi connectivity index (χ4v) is 3.52. The molecule has 0 aliphatic carbocycles. The van der Waals surface area contributed by atoms with E-state index in [1.807, 2.05) is 18.2 Å². The number of aromatic nitrogens is 1. The fraction of sp³-hybridized carbons (Fsp3) is 0.545. The molecule has 1 aliphatic heterocycles. The van der Waals surface area contributed by atoms with Gasteiger partial charge in [0.25, 0.3) is 0 Å². The summed E-state index contributed by atoms with van der Waals surface area (Å²) in [5.74, 6) is 0.432. The van der Waals surface area contributed by atoms with Gasteiger partial charge < -0.3 is 29.7 Å². The number of rotatable bonds is 5. The van der Waals surface area contributed by atoms with E-state index >= 15 is 0 Å². The molecular weight excluding hydrogens is 388 g/mol. The molecule has 164 valence electrons. The molecule has 30 heavy (non-hydrogen) atoms. The molecule has 1 aromatic heterocycles. The van der Waals surface area contributed by atoms with Gasteiger partial charge in [-0.25, -0.2) is 9.78 Å². The number of pyridine rings is 1. The van der Waals surface area contributed by atoms with E-state index in [0.717, 1.165) is 5.39 Å². The number of fused-ring (bicyclic) bond motifs is 1. The van der Waals surface area contributed by atoms with Crippen molar-refractivity contribution in [3.8, 4) is 5.88 Å². The number of amides is 1. The van der Waals surface area contributed by atoms with Crippen molar-refractivity contribution in [2.75, 3.05) is 13.7 Å². The molecule has 2 unspecified atom stereocenters. The summed E-state index contributed by atoms with van der Waals surface area (Å²) >= 11 is 0. The lowest BCUT2D eigenvalue weighted by Gasteiger charge is -2.34. The zero-order valence-corrected chi connectivity index (χ0v) is 17.8. The monoisotopic (exact) mass is 418 g/mol. The number of para-hydroxylation sites is 1. The number of alkyl carbamates (subject to hydrolysis) is 1. The third kappa shape index (κ3) is 5.38. The topological polar surface area (TPSA) is 110 Å². The molecule has 2 heterocycles. The zero-order valence-electron chi connectivity index (χ0n) is 17.8. The Balaban J connectivity index is 1.63. The van der Waals surface area contributed by atoms with Gasteiger partial charge in [-0.1, -0.05) is 18.2 Å². The van der Waals surface area contributed by atoms with Crippen molar-refractivity contribution in [2.45, 2.75) is 63.6 Å². The summed E-state index contributed by atoms with van der Waals surface area (Å²) in [5, 5.41) is 25.2. The number of nitrogens with zero attached hydrogens (tertiary/aromatic N) is 1. The summed E-state index contributed by atoms with van der Waals surface area (Å²) in [6.07, 6.45) is -2.27. The van der Waals surface area contributed by atoms with Crippen molar-refractivity contribution in [2.24, 2.45) is 0 Å². The molecule has 8 nitrogen and oxygen atoms in total. The third-order valence-electron chi connectivity index (χ3n) is 4.99. The molecule has 0 bridgehead atoms. The van der Waals surface area contributed by atoms with Gasteiger partial charge in [-0.3, -0.25) is 0 Å². The van der Waals surface area contributed by atoms with Gasteiger partial charge in [0.2, 0.25) is 5.88 Å². The Morgan fingerprint density at radius 1 is 1.23 bits per heavy atom. The molecule has 1 saturated heterocycles. The van der Waals surface area contributed by atoms with Crippen LogP contribution >= 0.6 is 0 Å². The van der Waals surface area contributed by atoms with Crippen LogP contribution in [0.1, 0.15) is 45.3 Å². The molecule has 1 fully saturated rings. The summed E-state index contributed by atoms with van der Waals surface area (Å²) in [5.41, 5.74) is 0.512. The van der Waals surface area contributed by atoms with Gasteiger partial charge in [0.05, 0.1) is 31.4 Å². The number of benzene rings is 1. The lowest BCUT2D eigenvalue weighted by Crippen LogP contribution is -2.47. The van der Waals surface area contributed by atoms with E-state index in [9.17, 15) is 15.0 Å². The zero-order chi connectivity index (χ0) is 21.9. The van der Waals surface area contributed by atoms with Crippen molar-refractivity contribution in [3.63, 3.8) is 0 Å². The molecule has 3 rings (SSSR count). The molecule has 0 radical (unpaired) electrons. The van der Waals surface area contributed by atoms with Crippen molar-refractivity contribution >= 4 is 17.0 Å². The Bertz CT molecular complexity index is 874. The first-order chi connectivity index (χ1) is 14.2. The summed E-state index contributed by atoms with van der Waals surface area (Å²) < 4.78 is 16.2. The number of aliphatic hydroxyl groups excluding tert-OH is 2. The number of aliphatic hydroxyl groups is 2. The van der Waals surface area contributed by atoms with Gasteiger partial charge >= 0.3 is 6.09 Å².